The third kappa shape index (κ3) is 6.88. The summed E-state index contributed by atoms with van der Waals surface area (Å²) in [6.07, 6.45) is 7.69. The van der Waals surface area contributed by atoms with Crippen LogP contribution in [0.5, 0.6) is 0 Å². The predicted octanol–water partition coefficient (Wildman–Crippen LogP) is 4.54. The van der Waals surface area contributed by atoms with E-state index in [2.05, 4.69) is 9.71 Å². The molecule has 2 aliphatic heterocycles. The van der Waals surface area contributed by atoms with Crippen molar-refractivity contribution in [2.75, 3.05) is 37.2 Å². The predicted molar refractivity (Wildman–Crippen MR) is 156 cm³/mol. The lowest BCUT2D eigenvalue weighted by Crippen LogP contribution is -2.52. The Morgan fingerprint density at radius 3 is 2.37 bits per heavy atom. The molecule has 2 fully saturated rings. The number of nitrogens with zero attached hydrogens (tertiary/aromatic N) is 2. The number of sulfonamides is 1. The Kier molecular flexibility index (Phi) is 8.84. The van der Waals surface area contributed by atoms with Crippen molar-refractivity contribution < 1.29 is 36.3 Å². The molecule has 3 heterocycles. The zero-order valence-corrected chi connectivity index (χ0v) is 24.3. The summed E-state index contributed by atoms with van der Waals surface area (Å²) in [5.41, 5.74) is 2.21. The molecule has 0 bridgehead atoms. The van der Waals surface area contributed by atoms with Gasteiger partial charge >= 0.3 is 5.97 Å². The van der Waals surface area contributed by atoms with E-state index in [1.54, 1.807) is 11.0 Å². The highest BCUT2D eigenvalue weighted by molar-refractivity contribution is 7.92. The first kappa shape index (κ1) is 30.6. The van der Waals surface area contributed by atoms with Crippen LogP contribution in [0.4, 0.5) is 18.9 Å². The fourth-order valence-electron chi connectivity index (χ4n) is 6.27. The molecule has 2 aromatic carbocycles. The largest absolute Gasteiger partial charge is 0.480 e. The third-order valence-electron chi connectivity index (χ3n) is 8.40. The molecule has 5 rings (SSSR count). The summed E-state index contributed by atoms with van der Waals surface area (Å²) in [7, 11) is -3.41. The number of carboxylic acids is 1. The molecule has 3 aromatic rings. The van der Waals surface area contributed by atoms with E-state index in [1.807, 2.05) is 23.2 Å². The van der Waals surface area contributed by atoms with Crippen molar-refractivity contribution in [1.82, 2.24) is 14.8 Å². The Morgan fingerprint density at radius 2 is 1.72 bits per heavy atom. The van der Waals surface area contributed by atoms with Crippen molar-refractivity contribution in [2.45, 2.75) is 37.6 Å². The van der Waals surface area contributed by atoms with Gasteiger partial charge in [0, 0.05) is 47.5 Å². The standard InChI is InChI=1S/C30H33F3N4O5S/c1-43(41,42)35-21-4-6-25-22(16-21)23(17-34-25)18-8-14-37(15-9-18)29(30(39)40)20-10-12-36(13-11-20)26(38)7-3-19-2-5-24(31)28(33)27(19)32/h2-7,16-18,20,29,34-35H,8-15H2,1H3,(H,39,40). The van der Waals surface area contributed by atoms with E-state index in [0.717, 1.165) is 59.8 Å². The fourth-order valence-corrected chi connectivity index (χ4v) is 6.83. The van der Waals surface area contributed by atoms with E-state index in [0.29, 0.717) is 44.7 Å². The number of hydrogen-bond donors (Lipinski definition) is 3. The second-order valence-electron chi connectivity index (χ2n) is 11.2. The van der Waals surface area contributed by atoms with Crippen LogP contribution in [0.1, 0.15) is 42.7 Å². The maximum atomic E-state index is 13.9. The summed E-state index contributed by atoms with van der Waals surface area (Å²) < 4.78 is 66.4. The normalized spacial score (nSPS) is 18.4. The van der Waals surface area contributed by atoms with Crippen LogP contribution in [0.2, 0.25) is 0 Å². The molecule has 13 heteroatoms. The van der Waals surface area contributed by atoms with Crippen LogP contribution in [0.25, 0.3) is 17.0 Å². The number of piperidine rings is 2. The number of aliphatic carboxylic acids is 1. The highest BCUT2D eigenvalue weighted by Crippen LogP contribution is 2.36. The summed E-state index contributed by atoms with van der Waals surface area (Å²) in [6, 6.07) is 6.49. The maximum Gasteiger partial charge on any atom is 0.321 e. The van der Waals surface area contributed by atoms with E-state index in [9.17, 15) is 36.3 Å². The van der Waals surface area contributed by atoms with E-state index in [1.165, 1.54) is 0 Å². The topological polar surface area (TPSA) is 123 Å². The summed E-state index contributed by atoms with van der Waals surface area (Å²) in [4.78, 5) is 31.9. The molecule has 3 N–H and O–H groups in total. The number of rotatable bonds is 8. The Morgan fingerprint density at radius 1 is 1.02 bits per heavy atom. The molecule has 0 aliphatic carbocycles. The monoisotopic (exact) mass is 618 g/mol. The average molecular weight is 619 g/mol. The van der Waals surface area contributed by atoms with Crippen LogP contribution < -0.4 is 4.72 Å². The Bertz CT molecular complexity index is 1660. The highest BCUT2D eigenvalue weighted by Gasteiger charge is 2.38. The fraction of sp³-hybridized carbons (Fsp3) is 0.400. The van der Waals surface area contributed by atoms with Crippen molar-refractivity contribution in [1.29, 1.82) is 0 Å². The van der Waals surface area contributed by atoms with Crippen molar-refractivity contribution in [3.8, 4) is 0 Å². The van der Waals surface area contributed by atoms with Gasteiger partial charge in [-0.1, -0.05) is 0 Å². The molecule has 1 aromatic heterocycles. The number of halogens is 3. The third-order valence-corrected chi connectivity index (χ3v) is 9.01. The first-order chi connectivity index (χ1) is 20.4. The van der Waals surface area contributed by atoms with Crippen LogP contribution >= 0.6 is 0 Å². The van der Waals surface area contributed by atoms with Gasteiger partial charge in [0.1, 0.15) is 6.04 Å². The first-order valence-electron chi connectivity index (χ1n) is 14.1. The molecule has 0 spiro atoms. The van der Waals surface area contributed by atoms with Crippen LogP contribution in [-0.4, -0.2) is 78.7 Å². The molecular formula is C30H33F3N4O5S. The summed E-state index contributed by atoms with van der Waals surface area (Å²) in [6.45, 7) is 1.82. The zero-order chi connectivity index (χ0) is 30.9. The van der Waals surface area contributed by atoms with Crippen molar-refractivity contribution in [3.63, 3.8) is 0 Å². The lowest BCUT2D eigenvalue weighted by Gasteiger charge is -2.41. The molecule has 9 nitrogen and oxygen atoms in total. The van der Waals surface area contributed by atoms with Crippen molar-refractivity contribution in [2.24, 2.45) is 5.92 Å². The second-order valence-corrected chi connectivity index (χ2v) is 13.0. The lowest BCUT2D eigenvalue weighted by molar-refractivity contribution is -0.147. The molecule has 230 valence electrons. The van der Waals surface area contributed by atoms with Crippen LogP contribution in [0.3, 0.4) is 0 Å². The van der Waals surface area contributed by atoms with Gasteiger partial charge in [-0.05, 0) is 92.6 Å². The number of carbonyl (C=O) groups is 2. The number of fused-ring (bicyclic) bond motifs is 1. The Hall–Kier alpha value is -3.84. The number of nitrogens with one attached hydrogen (secondary N) is 2. The van der Waals surface area contributed by atoms with Crippen LogP contribution in [-0.2, 0) is 19.6 Å². The highest BCUT2D eigenvalue weighted by atomic mass is 32.2. The molecule has 2 aliphatic rings. The van der Waals surface area contributed by atoms with Crippen molar-refractivity contribution >= 4 is 44.6 Å². The molecule has 1 atom stereocenters. The number of benzene rings is 2. The zero-order valence-electron chi connectivity index (χ0n) is 23.5. The van der Waals surface area contributed by atoms with Gasteiger partial charge in [-0.25, -0.2) is 21.6 Å². The van der Waals surface area contributed by atoms with Gasteiger partial charge in [0.25, 0.3) is 0 Å². The summed E-state index contributed by atoms with van der Waals surface area (Å²) in [5, 5.41) is 11.1. The van der Waals surface area contributed by atoms with Gasteiger partial charge in [-0.3, -0.25) is 19.2 Å². The molecule has 1 unspecified atom stereocenters. The number of amides is 1. The van der Waals surface area contributed by atoms with Gasteiger partial charge in [0.15, 0.2) is 17.5 Å². The molecule has 0 radical (unpaired) electrons. The van der Waals surface area contributed by atoms with Gasteiger partial charge in [0.2, 0.25) is 15.9 Å². The van der Waals surface area contributed by atoms with E-state index in [-0.39, 0.29) is 17.4 Å². The minimum atomic E-state index is -3.41. The van der Waals surface area contributed by atoms with Crippen molar-refractivity contribution in [3.05, 3.63) is 71.2 Å². The quantitative estimate of drug-likeness (QED) is 0.252. The molecule has 2 saturated heterocycles. The molecular weight excluding hydrogens is 585 g/mol. The van der Waals surface area contributed by atoms with Crippen LogP contribution in [0.15, 0.2) is 42.6 Å². The smallest absolute Gasteiger partial charge is 0.321 e. The minimum Gasteiger partial charge on any atom is -0.480 e. The lowest BCUT2D eigenvalue weighted by atomic mass is 9.84. The number of carbonyl (C=O) groups excluding carboxylic acids is 1. The van der Waals surface area contributed by atoms with E-state index in [4.69, 9.17) is 0 Å². The van der Waals surface area contributed by atoms with Crippen LogP contribution in [0, 0.1) is 23.4 Å². The maximum absolute atomic E-state index is 13.9. The van der Waals surface area contributed by atoms with Gasteiger partial charge < -0.3 is 15.0 Å². The average Bonchev–Trinajstić information content (AvgIpc) is 3.38. The number of anilines is 1. The minimum absolute atomic E-state index is 0.163. The molecule has 0 saturated carbocycles. The van der Waals surface area contributed by atoms with Gasteiger partial charge in [-0.15, -0.1) is 0 Å². The Balaban J connectivity index is 1.19. The number of H-pyrrole nitrogens is 1. The van der Waals surface area contributed by atoms with E-state index < -0.39 is 45.4 Å². The number of aromatic nitrogens is 1. The number of aromatic amines is 1. The SMILES string of the molecule is CS(=O)(=O)Nc1ccc2[nH]cc(C3CCN(C(C(=O)O)C4CCN(C(=O)C=Cc5ccc(F)c(F)c5F)CC4)CC3)c2c1. The number of likely N-dealkylation sites (tertiary alicyclic amines) is 2. The number of carboxylic acid groups (broad SMARTS) is 1. The summed E-state index contributed by atoms with van der Waals surface area (Å²) >= 11 is 0. The molecule has 43 heavy (non-hydrogen) atoms. The molecule has 1 amide bonds. The van der Waals surface area contributed by atoms with Gasteiger partial charge in [-0.2, -0.15) is 0 Å². The first-order valence-corrected chi connectivity index (χ1v) is 16.0. The summed E-state index contributed by atoms with van der Waals surface area (Å²) in [5.74, 6) is -5.58. The Labute approximate surface area is 247 Å². The van der Waals surface area contributed by atoms with E-state index >= 15 is 0 Å². The second kappa shape index (κ2) is 12.4. The number of hydrogen-bond acceptors (Lipinski definition) is 5. The van der Waals surface area contributed by atoms with Gasteiger partial charge in [0.05, 0.1) is 6.26 Å².